The number of nitrogens with zero attached hydrogens (tertiary/aromatic N) is 1. The summed E-state index contributed by atoms with van der Waals surface area (Å²) < 4.78 is 0. The highest BCUT2D eigenvalue weighted by Gasteiger charge is 2.51. The highest BCUT2D eigenvalue weighted by molar-refractivity contribution is 5.74. The lowest BCUT2D eigenvalue weighted by molar-refractivity contribution is -0.0135. The van der Waals surface area contributed by atoms with E-state index in [0.29, 0.717) is 13.0 Å². The van der Waals surface area contributed by atoms with E-state index in [1.807, 2.05) is 0 Å². The topological polar surface area (TPSA) is 64.9 Å². The van der Waals surface area contributed by atoms with E-state index in [2.05, 4.69) is 16.7 Å². The fourth-order valence-electron chi connectivity index (χ4n) is 4.92. The average molecular weight is 261 g/mol. The Hall–Kier alpha value is -1.24. The molecule has 104 valence electrons. The molecule has 0 heterocycles. The molecule has 4 bridgehead atoms. The highest BCUT2D eigenvalue weighted by atomic mass is 16.2. The van der Waals surface area contributed by atoms with Crippen LogP contribution in [0.4, 0.5) is 4.79 Å². The van der Waals surface area contributed by atoms with E-state index >= 15 is 0 Å². The Balaban J connectivity index is 1.52. The van der Waals surface area contributed by atoms with Crippen LogP contribution in [0.5, 0.6) is 0 Å². The van der Waals surface area contributed by atoms with Gasteiger partial charge in [0.15, 0.2) is 0 Å². The molecule has 0 aliphatic heterocycles. The first-order valence-electron chi connectivity index (χ1n) is 7.62. The average Bonchev–Trinajstić information content (AvgIpc) is 2.32. The molecule has 0 aromatic heterocycles. The maximum absolute atomic E-state index is 12.0. The summed E-state index contributed by atoms with van der Waals surface area (Å²) in [4.78, 5) is 12.0. The second-order valence-corrected chi connectivity index (χ2v) is 6.84. The van der Waals surface area contributed by atoms with Gasteiger partial charge in [0.2, 0.25) is 0 Å². The maximum Gasteiger partial charge on any atom is 0.315 e. The molecule has 4 saturated carbocycles. The number of urea groups is 1. The number of rotatable bonds is 4. The number of unbranched alkanes of at least 4 members (excludes halogenated alkanes) is 1. The Morgan fingerprint density at radius 3 is 2.26 bits per heavy atom. The summed E-state index contributed by atoms with van der Waals surface area (Å²) in [7, 11) is 0. The zero-order chi connectivity index (χ0) is 13.3. The normalized spacial score (nSPS) is 38.8. The van der Waals surface area contributed by atoms with Gasteiger partial charge in [-0.3, -0.25) is 0 Å². The summed E-state index contributed by atoms with van der Waals surface area (Å²) in [6.07, 6.45) is 8.99. The lowest BCUT2D eigenvalue weighted by Gasteiger charge is -2.56. The molecule has 4 fully saturated rings. The van der Waals surface area contributed by atoms with Crippen LogP contribution in [0.15, 0.2) is 0 Å². The third-order valence-electron chi connectivity index (χ3n) is 5.17. The minimum atomic E-state index is -0.0279. The fourth-order valence-corrected chi connectivity index (χ4v) is 4.92. The quantitative estimate of drug-likeness (QED) is 0.764. The van der Waals surface area contributed by atoms with E-state index in [0.717, 1.165) is 24.2 Å². The van der Waals surface area contributed by atoms with E-state index < -0.39 is 0 Å². The predicted octanol–water partition coefficient (Wildman–Crippen LogP) is 2.56. The predicted molar refractivity (Wildman–Crippen MR) is 72.3 cm³/mol. The summed E-state index contributed by atoms with van der Waals surface area (Å²) in [6.45, 7) is 0.603. The number of nitrogens with one attached hydrogen (secondary N) is 2. The van der Waals surface area contributed by atoms with Gasteiger partial charge in [-0.15, -0.1) is 0 Å². The van der Waals surface area contributed by atoms with Crippen LogP contribution < -0.4 is 10.6 Å². The van der Waals surface area contributed by atoms with Crippen LogP contribution >= 0.6 is 0 Å². The molecular weight excluding hydrogens is 238 g/mol. The first kappa shape index (κ1) is 12.8. The van der Waals surface area contributed by atoms with Gasteiger partial charge in [-0.25, -0.2) is 4.79 Å². The van der Waals surface area contributed by atoms with E-state index in [4.69, 9.17) is 5.26 Å². The Morgan fingerprint density at radius 2 is 1.74 bits per heavy atom. The van der Waals surface area contributed by atoms with Crippen molar-refractivity contribution in [3.8, 4) is 6.07 Å². The Morgan fingerprint density at radius 1 is 1.16 bits per heavy atom. The molecule has 4 rings (SSSR count). The number of amides is 2. The summed E-state index contributed by atoms with van der Waals surface area (Å²) in [5.41, 5.74) is 0.0913. The maximum atomic E-state index is 12.0. The third-order valence-corrected chi connectivity index (χ3v) is 5.17. The van der Waals surface area contributed by atoms with E-state index in [-0.39, 0.29) is 11.6 Å². The summed E-state index contributed by atoms with van der Waals surface area (Å²) >= 11 is 0. The van der Waals surface area contributed by atoms with Crippen molar-refractivity contribution in [3.05, 3.63) is 0 Å². The standard InChI is InChI=1S/C15H23N3O/c16-3-1-2-4-17-14(19)18-15-8-11-5-12(9-15)7-13(6-11)10-15/h11-13H,1-2,4-10H2,(H2,17,18,19). The van der Waals surface area contributed by atoms with Gasteiger partial charge < -0.3 is 10.6 Å². The first-order valence-corrected chi connectivity index (χ1v) is 7.62. The molecule has 4 aliphatic rings. The number of hydrogen-bond acceptors (Lipinski definition) is 2. The largest absolute Gasteiger partial charge is 0.338 e. The summed E-state index contributed by atoms with van der Waals surface area (Å²) in [5, 5.41) is 14.6. The van der Waals surface area contributed by atoms with Gasteiger partial charge in [-0.1, -0.05) is 0 Å². The van der Waals surface area contributed by atoms with E-state index in [9.17, 15) is 4.79 Å². The molecule has 4 heteroatoms. The van der Waals surface area contributed by atoms with Crippen LogP contribution in [0.25, 0.3) is 0 Å². The zero-order valence-corrected chi connectivity index (χ0v) is 11.5. The van der Waals surface area contributed by atoms with Gasteiger partial charge in [0.25, 0.3) is 0 Å². The zero-order valence-electron chi connectivity index (χ0n) is 11.5. The molecule has 0 unspecified atom stereocenters. The minimum Gasteiger partial charge on any atom is -0.338 e. The Labute approximate surface area is 114 Å². The molecule has 0 radical (unpaired) electrons. The Bertz CT molecular complexity index is 363. The van der Waals surface area contributed by atoms with Crippen LogP contribution in [-0.2, 0) is 0 Å². The molecule has 0 atom stereocenters. The van der Waals surface area contributed by atoms with Gasteiger partial charge in [0.1, 0.15) is 0 Å². The molecule has 2 amide bonds. The number of carbonyl (C=O) groups is 1. The minimum absolute atomic E-state index is 0.0279. The molecule has 0 saturated heterocycles. The molecule has 4 aliphatic carbocycles. The lowest BCUT2D eigenvalue weighted by Crippen LogP contribution is -2.61. The van der Waals surface area contributed by atoms with Gasteiger partial charge in [0, 0.05) is 18.5 Å². The summed E-state index contributed by atoms with van der Waals surface area (Å²) in [6, 6.07) is 2.07. The second kappa shape index (κ2) is 5.03. The molecule has 0 aromatic rings. The summed E-state index contributed by atoms with van der Waals surface area (Å²) in [5.74, 6) is 2.56. The van der Waals surface area contributed by atoms with E-state index in [1.54, 1.807) is 0 Å². The molecule has 19 heavy (non-hydrogen) atoms. The van der Waals surface area contributed by atoms with Crippen LogP contribution in [0.3, 0.4) is 0 Å². The van der Waals surface area contributed by atoms with E-state index in [1.165, 1.54) is 38.5 Å². The van der Waals surface area contributed by atoms with Gasteiger partial charge in [0.05, 0.1) is 6.07 Å². The lowest BCUT2D eigenvalue weighted by atomic mass is 9.53. The molecular formula is C15H23N3O. The van der Waals surface area contributed by atoms with Crippen LogP contribution in [0.2, 0.25) is 0 Å². The Kier molecular flexibility index (Phi) is 3.38. The fraction of sp³-hybridized carbons (Fsp3) is 0.867. The van der Waals surface area contributed by atoms with Crippen LogP contribution in [0.1, 0.15) is 51.4 Å². The van der Waals surface area contributed by atoms with Crippen molar-refractivity contribution in [3.63, 3.8) is 0 Å². The molecule has 0 aromatic carbocycles. The third kappa shape index (κ3) is 2.70. The smallest absolute Gasteiger partial charge is 0.315 e. The SMILES string of the molecule is N#CCCCNC(=O)NC12CC3CC(CC(C3)C1)C2. The van der Waals surface area contributed by atoms with Crippen molar-refractivity contribution in [2.45, 2.75) is 56.9 Å². The van der Waals surface area contributed by atoms with Crippen LogP contribution in [0, 0.1) is 29.1 Å². The van der Waals surface area contributed by atoms with Gasteiger partial charge in [-0.2, -0.15) is 5.26 Å². The van der Waals surface area contributed by atoms with Crippen LogP contribution in [-0.4, -0.2) is 18.1 Å². The van der Waals surface area contributed by atoms with Gasteiger partial charge in [-0.05, 0) is 62.7 Å². The molecule has 0 spiro atoms. The van der Waals surface area contributed by atoms with Gasteiger partial charge >= 0.3 is 6.03 Å². The highest BCUT2D eigenvalue weighted by Crippen LogP contribution is 2.55. The number of hydrogen-bond donors (Lipinski definition) is 2. The molecule has 4 nitrogen and oxygen atoms in total. The first-order chi connectivity index (χ1) is 9.19. The van der Waals surface area contributed by atoms with Crippen molar-refractivity contribution in [1.29, 1.82) is 5.26 Å². The molecule has 2 N–H and O–H groups in total. The van der Waals surface area contributed by atoms with Crippen molar-refractivity contribution in [1.82, 2.24) is 10.6 Å². The number of nitriles is 1. The monoisotopic (exact) mass is 261 g/mol. The van der Waals surface area contributed by atoms with Crippen molar-refractivity contribution >= 4 is 6.03 Å². The van der Waals surface area contributed by atoms with Crippen molar-refractivity contribution < 1.29 is 4.79 Å². The second-order valence-electron chi connectivity index (χ2n) is 6.84. The van der Waals surface area contributed by atoms with Crippen molar-refractivity contribution in [2.24, 2.45) is 17.8 Å². The number of carbonyl (C=O) groups excluding carboxylic acids is 1. The van der Waals surface area contributed by atoms with Crippen molar-refractivity contribution in [2.75, 3.05) is 6.54 Å².